The number of aliphatic hydroxyl groups excluding tert-OH is 1. The first-order valence-corrected chi connectivity index (χ1v) is 8.70. The number of nitrogens with zero attached hydrogens (tertiary/aromatic N) is 1. The molecular weight excluding hydrogens is 270 g/mol. The van der Waals surface area contributed by atoms with Crippen molar-refractivity contribution in [3.63, 3.8) is 0 Å². The average Bonchev–Trinajstić information content (AvgIpc) is 2.40. The van der Waals surface area contributed by atoms with Gasteiger partial charge in [-0.2, -0.15) is 0 Å². The minimum atomic E-state index is 0. The minimum absolute atomic E-state index is 0. The summed E-state index contributed by atoms with van der Waals surface area (Å²) in [5.74, 6) is 0. The Morgan fingerprint density at radius 2 is 0.950 bits per heavy atom. The van der Waals surface area contributed by atoms with E-state index in [2.05, 4.69) is 20.8 Å². The van der Waals surface area contributed by atoms with Crippen molar-refractivity contribution >= 4 is 0 Å². The molecule has 0 amide bonds. The predicted octanol–water partition coefficient (Wildman–Crippen LogP) is 1.37. The Morgan fingerprint density at radius 3 is 1.20 bits per heavy atom. The van der Waals surface area contributed by atoms with Crippen molar-refractivity contribution in [2.45, 2.75) is 78.6 Å². The van der Waals surface area contributed by atoms with Gasteiger partial charge in [-0.1, -0.05) is 40.0 Å². The second kappa shape index (κ2) is 15.6. The van der Waals surface area contributed by atoms with E-state index in [0.717, 1.165) is 6.54 Å². The van der Waals surface area contributed by atoms with Gasteiger partial charge >= 0.3 is 0 Å². The maximum absolute atomic E-state index is 9.46. The van der Waals surface area contributed by atoms with Crippen LogP contribution in [0.15, 0.2) is 0 Å². The van der Waals surface area contributed by atoms with E-state index in [4.69, 9.17) is 0 Å². The highest BCUT2D eigenvalue weighted by molar-refractivity contribution is 4.50. The molecule has 2 nitrogen and oxygen atoms in total. The maximum atomic E-state index is 9.46. The van der Waals surface area contributed by atoms with Crippen LogP contribution in [0.3, 0.4) is 0 Å². The smallest absolute Gasteiger partial charge is 0.102 e. The SMILES string of the molecule is CCCCC[N+](CCO)(CCCCC)CCCCC.[Cl-]. The molecule has 0 rings (SSSR count). The van der Waals surface area contributed by atoms with Crippen LogP contribution in [0, 0.1) is 0 Å². The summed E-state index contributed by atoms with van der Waals surface area (Å²) in [5.41, 5.74) is 0. The van der Waals surface area contributed by atoms with E-state index in [0.29, 0.717) is 6.61 Å². The number of hydrogen-bond acceptors (Lipinski definition) is 1. The molecule has 1 N–H and O–H groups in total. The summed E-state index contributed by atoms with van der Waals surface area (Å²) in [7, 11) is 0. The number of hydrogen-bond donors (Lipinski definition) is 1. The zero-order valence-electron chi connectivity index (χ0n) is 14.2. The van der Waals surface area contributed by atoms with Crippen LogP contribution < -0.4 is 12.4 Å². The van der Waals surface area contributed by atoms with Crippen molar-refractivity contribution in [3.8, 4) is 0 Å². The Kier molecular flexibility index (Phi) is 17.5. The lowest BCUT2D eigenvalue weighted by atomic mass is 10.1. The normalized spacial score (nSPS) is 11.4. The minimum Gasteiger partial charge on any atom is -1.00 e. The molecule has 20 heavy (non-hydrogen) atoms. The van der Waals surface area contributed by atoms with Crippen LogP contribution >= 0.6 is 0 Å². The zero-order valence-corrected chi connectivity index (χ0v) is 14.9. The van der Waals surface area contributed by atoms with Crippen molar-refractivity contribution < 1.29 is 22.0 Å². The number of halogens is 1. The van der Waals surface area contributed by atoms with E-state index in [1.165, 1.54) is 81.9 Å². The van der Waals surface area contributed by atoms with Crippen LogP contribution in [0.1, 0.15) is 78.6 Å². The standard InChI is InChI=1S/C17H38NO.ClH/c1-4-7-10-13-18(16-17-19,14-11-8-5-2)15-12-9-6-3;/h19H,4-17H2,1-3H3;1H/q+1;/p-1. The van der Waals surface area contributed by atoms with Crippen molar-refractivity contribution in [3.05, 3.63) is 0 Å². The molecule has 0 aliphatic heterocycles. The van der Waals surface area contributed by atoms with E-state index in [-0.39, 0.29) is 12.4 Å². The molecule has 0 bridgehead atoms. The van der Waals surface area contributed by atoms with E-state index in [9.17, 15) is 5.11 Å². The third kappa shape index (κ3) is 10.9. The average molecular weight is 308 g/mol. The van der Waals surface area contributed by atoms with Gasteiger partial charge in [0, 0.05) is 0 Å². The van der Waals surface area contributed by atoms with Crippen LogP contribution in [0.4, 0.5) is 0 Å². The van der Waals surface area contributed by atoms with Crippen LogP contribution in [-0.2, 0) is 0 Å². The Balaban J connectivity index is 0. The van der Waals surface area contributed by atoms with Crippen molar-refractivity contribution in [1.82, 2.24) is 0 Å². The Hall–Kier alpha value is 0.210. The summed E-state index contributed by atoms with van der Waals surface area (Å²) in [4.78, 5) is 0. The lowest BCUT2D eigenvalue weighted by molar-refractivity contribution is -0.929. The van der Waals surface area contributed by atoms with Gasteiger partial charge in [-0.3, -0.25) is 0 Å². The topological polar surface area (TPSA) is 20.2 Å². The van der Waals surface area contributed by atoms with E-state index in [1.54, 1.807) is 0 Å². The molecule has 0 spiro atoms. The first kappa shape index (κ1) is 22.5. The van der Waals surface area contributed by atoms with Gasteiger partial charge in [0.25, 0.3) is 0 Å². The third-order valence-electron chi connectivity index (χ3n) is 4.28. The number of aliphatic hydroxyl groups is 1. The molecule has 0 saturated heterocycles. The Morgan fingerprint density at radius 1 is 0.600 bits per heavy atom. The highest BCUT2D eigenvalue weighted by Gasteiger charge is 2.25. The summed E-state index contributed by atoms with van der Waals surface area (Å²) in [6.45, 7) is 12.0. The van der Waals surface area contributed by atoms with E-state index in [1.807, 2.05) is 0 Å². The molecule has 0 fully saturated rings. The number of quaternary nitrogens is 1. The predicted molar refractivity (Wildman–Crippen MR) is 85.4 cm³/mol. The van der Waals surface area contributed by atoms with Gasteiger partial charge in [0.2, 0.25) is 0 Å². The second-order valence-corrected chi connectivity index (χ2v) is 6.08. The fraction of sp³-hybridized carbons (Fsp3) is 1.00. The fourth-order valence-corrected chi connectivity index (χ4v) is 2.97. The quantitative estimate of drug-likeness (QED) is 0.380. The first-order valence-electron chi connectivity index (χ1n) is 8.70. The molecule has 0 radical (unpaired) electrons. The molecule has 0 aliphatic carbocycles. The van der Waals surface area contributed by atoms with Crippen molar-refractivity contribution in [1.29, 1.82) is 0 Å². The van der Waals surface area contributed by atoms with E-state index < -0.39 is 0 Å². The molecular formula is C17H38ClNO. The highest BCUT2D eigenvalue weighted by atomic mass is 35.5. The molecule has 0 unspecified atom stereocenters. The van der Waals surface area contributed by atoms with Crippen LogP contribution in [0.2, 0.25) is 0 Å². The lowest BCUT2D eigenvalue weighted by Gasteiger charge is -2.39. The molecule has 0 aliphatic rings. The third-order valence-corrected chi connectivity index (χ3v) is 4.28. The Labute approximate surface area is 133 Å². The largest absolute Gasteiger partial charge is 1.00 e. The lowest BCUT2D eigenvalue weighted by Crippen LogP contribution is -3.00. The second-order valence-electron chi connectivity index (χ2n) is 6.08. The molecule has 124 valence electrons. The molecule has 0 aromatic heterocycles. The van der Waals surface area contributed by atoms with Crippen molar-refractivity contribution in [2.24, 2.45) is 0 Å². The molecule has 0 aromatic rings. The monoisotopic (exact) mass is 307 g/mol. The summed E-state index contributed by atoms with van der Waals surface area (Å²) in [5, 5.41) is 9.46. The van der Waals surface area contributed by atoms with E-state index >= 15 is 0 Å². The summed E-state index contributed by atoms with van der Waals surface area (Å²) < 4.78 is 1.18. The Bertz CT molecular complexity index is 161. The fourth-order valence-electron chi connectivity index (χ4n) is 2.97. The number of unbranched alkanes of at least 4 members (excludes halogenated alkanes) is 6. The van der Waals surface area contributed by atoms with Gasteiger partial charge < -0.3 is 22.0 Å². The molecule has 0 atom stereocenters. The molecule has 0 aromatic carbocycles. The van der Waals surface area contributed by atoms with Gasteiger partial charge in [-0.05, 0) is 38.5 Å². The zero-order chi connectivity index (χ0) is 14.4. The molecule has 0 heterocycles. The van der Waals surface area contributed by atoms with Gasteiger partial charge in [0.15, 0.2) is 0 Å². The highest BCUT2D eigenvalue weighted by Crippen LogP contribution is 2.16. The van der Waals surface area contributed by atoms with Crippen molar-refractivity contribution in [2.75, 3.05) is 32.8 Å². The first-order chi connectivity index (χ1) is 9.24. The molecule has 3 heteroatoms. The van der Waals surface area contributed by atoms with Crippen LogP contribution in [0.5, 0.6) is 0 Å². The van der Waals surface area contributed by atoms with Gasteiger partial charge in [0.1, 0.15) is 6.54 Å². The van der Waals surface area contributed by atoms with Gasteiger partial charge in [-0.15, -0.1) is 0 Å². The number of rotatable bonds is 14. The maximum Gasteiger partial charge on any atom is 0.102 e. The summed E-state index contributed by atoms with van der Waals surface area (Å²) in [6.07, 6.45) is 11.9. The van der Waals surface area contributed by atoms with Crippen LogP contribution in [0.25, 0.3) is 0 Å². The van der Waals surface area contributed by atoms with Gasteiger partial charge in [0.05, 0.1) is 26.2 Å². The summed E-state index contributed by atoms with van der Waals surface area (Å²) in [6, 6.07) is 0. The van der Waals surface area contributed by atoms with Crippen LogP contribution in [-0.4, -0.2) is 42.4 Å². The van der Waals surface area contributed by atoms with Gasteiger partial charge in [-0.25, -0.2) is 0 Å². The summed E-state index contributed by atoms with van der Waals surface area (Å²) >= 11 is 0. The molecule has 0 saturated carbocycles.